The van der Waals surface area contributed by atoms with Gasteiger partial charge >= 0.3 is 5.69 Å². The molecule has 1 aromatic carbocycles. The highest BCUT2D eigenvalue weighted by atomic mass is 16.6. The van der Waals surface area contributed by atoms with Crippen LogP contribution in [0.3, 0.4) is 0 Å². The molecule has 0 saturated carbocycles. The average molecular weight is 275 g/mol. The van der Waals surface area contributed by atoms with Gasteiger partial charge in [0.25, 0.3) is 0 Å². The molecule has 0 saturated heterocycles. The van der Waals surface area contributed by atoms with Gasteiger partial charge in [-0.25, -0.2) is 0 Å². The van der Waals surface area contributed by atoms with E-state index < -0.39 is 11.0 Å². The summed E-state index contributed by atoms with van der Waals surface area (Å²) in [4.78, 5) is 10.8. The summed E-state index contributed by atoms with van der Waals surface area (Å²) in [6.07, 6.45) is -0.120. The third kappa shape index (κ3) is 2.70. The Morgan fingerprint density at radius 1 is 1.40 bits per heavy atom. The first-order chi connectivity index (χ1) is 9.54. The molecular formula is C14H17N3O3. The molecule has 1 aromatic heterocycles. The summed E-state index contributed by atoms with van der Waals surface area (Å²) >= 11 is 0. The van der Waals surface area contributed by atoms with Gasteiger partial charge in [-0.3, -0.25) is 14.8 Å². The second-order valence-electron chi connectivity index (χ2n) is 4.61. The lowest BCUT2D eigenvalue weighted by Gasteiger charge is -2.10. The van der Waals surface area contributed by atoms with E-state index in [1.807, 2.05) is 25.1 Å². The highest BCUT2D eigenvalue weighted by molar-refractivity contribution is 5.42. The first-order valence-electron chi connectivity index (χ1n) is 6.46. The summed E-state index contributed by atoms with van der Waals surface area (Å²) in [6, 6.07) is 9.11. The Balaban J connectivity index is 2.34. The Kier molecular flexibility index (Phi) is 4.14. The van der Waals surface area contributed by atoms with Crippen molar-refractivity contribution in [3.05, 3.63) is 57.4 Å². The highest BCUT2D eigenvalue weighted by Gasteiger charge is 2.27. The Bertz CT molecular complexity index is 608. The van der Waals surface area contributed by atoms with Crippen LogP contribution in [0.4, 0.5) is 5.69 Å². The molecule has 0 amide bonds. The fourth-order valence-corrected chi connectivity index (χ4v) is 2.26. The third-order valence-corrected chi connectivity index (χ3v) is 3.30. The molecule has 0 spiro atoms. The number of hydrogen-bond donors (Lipinski definition) is 1. The molecule has 6 nitrogen and oxygen atoms in total. The van der Waals surface area contributed by atoms with Gasteiger partial charge in [-0.1, -0.05) is 37.3 Å². The van der Waals surface area contributed by atoms with Crippen molar-refractivity contribution >= 4 is 5.69 Å². The number of aromatic nitrogens is 2. The van der Waals surface area contributed by atoms with E-state index >= 15 is 0 Å². The Morgan fingerprint density at radius 3 is 2.60 bits per heavy atom. The maximum atomic E-state index is 11.2. The zero-order valence-electron chi connectivity index (χ0n) is 11.5. The van der Waals surface area contributed by atoms with Gasteiger partial charge < -0.3 is 5.11 Å². The zero-order valence-corrected chi connectivity index (χ0v) is 11.5. The predicted molar refractivity (Wildman–Crippen MR) is 74.3 cm³/mol. The van der Waals surface area contributed by atoms with Crippen molar-refractivity contribution in [2.75, 3.05) is 0 Å². The van der Waals surface area contributed by atoms with E-state index in [-0.39, 0.29) is 12.1 Å². The molecule has 0 fully saturated rings. The largest absolute Gasteiger partial charge is 0.388 e. The monoisotopic (exact) mass is 275 g/mol. The number of nitro groups is 1. The normalized spacial score (nSPS) is 12.3. The number of benzene rings is 1. The van der Waals surface area contributed by atoms with E-state index in [0.717, 1.165) is 5.56 Å². The minimum Gasteiger partial charge on any atom is -0.388 e. The van der Waals surface area contributed by atoms with Crippen LogP contribution in [0.25, 0.3) is 0 Å². The van der Waals surface area contributed by atoms with Crippen molar-refractivity contribution in [1.82, 2.24) is 9.78 Å². The van der Waals surface area contributed by atoms with Gasteiger partial charge in [0.05, 0.1) is 11.0 Å². The molecule has 0 aliphatic rings. The van der Waals surface area contributed by atoms with Crippen LogP contribution >= 0.6 is 0 Å². The minimum absolute atomic E-state index is 0.0185. The van der Waals surface area contributed by atoms with Crippen molar-refractivity contribution in [2.24, 2.45) is 7.05 Å². The second-order valence-corrected chi connectivity index (χ2v) is 4.61. The molecule has 0 radical (unpaired) electrons. The van der Waals surface area contributed by atoms with Crippen LogP contribution in [-0.2, 0) is 19.9 Å². The van der Waals surface area contributed by atoms with Crippen molar-refractivity contribution < 1.29 is 10.0 Å². The van der Waals surface area contributed by atoms with E-state index in [1.54, 1.807) is 19.2 Å². The van der Waals surface area contributed by atoms with Crippen LogP contribution in [-0.4, -0.2) is 19.8 Å². The topological polar surface area (TPSA) is 81.2 Å². The van der Waals surface area contributed by atoms with Gasteiger partial charge in [0.1, 0.15) is 11.4 Å². The summed E-state index contributed by atoms with van der Waals surface area (Å²) in [7, 11) is 1.67. The van der Waals surface area contributed by atoms with Gasteiger partial charge in [-0.15, -0.1) is 0 Å². The van der Waals surface area contributed by atoms with Gasteiger partial charge in [0.15, 0.2) is 0 Å². The lowest BCUT2D eigenvalue weighted by Crippen LogP contribution is -2.08. The summed E-state index contributed by atoms with van der Waals surface area (Å²) in [5, 5.41) is 25.6. The standard InChI is InChI=1S/C14H17N3O3/c1-3-11-14(17(19)20)12(16(2)15-11)9-13(18)10-7-5-4-6-8-10/h4-8,13,18H,3,9H2,1-2H3. The number of aryl methyl sites for hydroxylation is 2. The van der Waals surface area contributed by atoms with Gasteiger partial charge in [0, 0.05) is 13.5 Å². The fraction of sp³-hybridized carbons (Fsp3) is 0.357. The van der Waals surface area contributed by atoms with E-state index in [1.165, 1.54) is 4.68 Å². The van der Waals surface area contributed by atoms with Crippen LogP contribution in [0, 0.1) is 10.1 Å². The lowest BCUT2D eigenvalue weighted by atomic mass is 10.0. The molecule has 2 rings (SSSR count). The smallest absolute Gasteiger partial charge is 0.313 e. The SMILES string of the molecule is CCc1nn(C)c(CC(O)c2ccccc2)c1[N+](=O)[O-]. The molecule has 1 atom stereocenters. The van der Waals surface area contributed by atoms with E-state index in [2.05, 4.69) is 5.10 Å². The highest BCUT2D eigenvalue weighted by Crippen LogP contribution is 2.28. The van der Waals surface area contributed by atoms with Gasteiger partial charge in [0.2, 0.25) is 0 Å². The maximum absolute atomic E-state index is 11.2. The molecule has 0 aliphatic carbocycles. The number of hydrogen-bond acceptors (Lipinski definition) is 4. The molecule has 1 heterocycles. The molecule has 106 valence electrons. The molecule has 0 aliphatic heterocycles. The van der Waals surface area contributed by atoms with Crippen LogP contribution in [0.1, 0.15) is 30.0 Å². The molecule has 2 aromatic rings. The van der Waals surface area contributed by atoms with E-state index in [0.29, 0.717) is 17.8 Å². The van der Waals surface area contributed by atoms with E-state index in [4.69, 9.17) is 0 Å². The Hall–Kier alpha value is -2.21. The minimum atomic E-state index is -0.782. The first kappa shape index (κ1) is 14.2. The molecule has 1 unspecified atom stereocenters. The van der Waals surface area contributed by atoms with Gasteiger partial charge in [-0.2, -0.15) is 5.10 Å². The molecule has 0 bridgehead atoms. The zero-order chi connectivity index (χ0) is 14.7. The molecule has 6 heteroatoms. The lowest BCUT2D eigenvalue weighted by molar-refractivity contribution is -0.386. The number of nitrogens with zero attached hydrogens (tertiary/aromatic N) is 3. The van der Waals surface area contributed by atoms with Crippen molar-refractivity contribution in [3.8, 4) is 0 Å². The van der Waals surface area contributed by atoms with Crippen LogP contribution < -0.4 is 0 Å². The summed E-state index contributed by atoms with van der Waals surface area (Å²) in [5.41, 5.74) is 1.65. The first-order valence-corrected chi connectivity index (χ1v) is 6.46. The second kappa shape index (κ2) is 5.83. The molecular weight excluding hydrogens is 258 g/mol. The summed E-state index contributed by atoms with van der Waals surface area (Å²) in [6.45, 7) is 1.83. The number of aliphatic hydroxyl groups is 1. The predicted octanol–water partition coefficient (Wildman–Crippen LogP) is 2.17. The quantitative estimate of drug-likeness (QED) is 0.669. The maximum Gasteiger partial charge on any atom is 0.313 e. The van der Waals surface area contributed by atoms with Gasteiger partial charge in [-0.05, 0) is 12.0 Å². The average Bonchev–Trinajstić information content (AvgIpc) is 2.76. The van der Waals surface area contributed by atoms with Crippen LogP contribution in [0.15, 0.2) is 30.3 Å². The number of rotatable bonds is 5. The third-order valence-electron chi connectivity index (χ3n) is 3.30. The van der Waals surface area contributed by atoms with Crippen LogP contribution in [0.5, 0.6) is 0 Å². The van der Waals surface area contributed by atoms with Crippen LogP contribution in [0.2, 0.25) is 0 Å². The molecule has 1 N–H and O–H groups in total. The number of aliphatic hydroxyl groups excluding tert-OH is 1. The fourth-order valence-electron chi connectivity index (χ4n) is 2.26. The van der Waals surface area contributed by atoms with Crippen molar-refractivity contribution in [2.45, 2.75) is 25.9 Å². The van der Waals surface area contributed by atoms with Crippen molar-refractivity contribution in [1.29, 1.82) is 0 Å². The van der Waals surface area contributed by atoms with E-state index in [9.17, 15) is 15.2 Å². The molecule has 20 heavy (non-hydrogen) atoms. The Labute approximate surface area is 116 Å². The Morgan fingerprint density at radius 2 is 2.05 bits per heavy atom. The van der Waals surface area contributed by atoms with Crippen molar-refractivity contribution in [3.63, 3.8) is 0 Å². The summed E-state index contributed by atoms with van der Waals surface area (Å²) in [5.74, 6) is 0. The summed E-state index contributed by atoms with van der Waals surface area (Å²) < 4.78 is 1.49.